The van der Waals surface area contributed by atoms with E-state index in [1.165, 1.54) is 7.11 Å². The molecule has 0 spiro atoms. The third-order valence-corrected chi connectivity index (χ3v) is 3.41. The molecule has 1 aromatic rings. The number of carboxylic acids is 1. The molecule has 1 aliphatic rings. The molecule has 2 N–H and O–H groups in total. The number of halogens is 1. The number of carbonyl (C=O) groups is 1. The molecule has 0 amide bonds. The first-order chi connectivity index (χ1) is 7.54. The highest BCUT2D eigenvalue weighted by Crippen LogP contribution is 2.50. The van der Waals surface area contributed by atoms with Crippen molar-refractivity contribution in [1.29, 1.82) is 0 Å². The predicted molar refractivity (Wildman–Crippen MR) is 60.8 cm³/mol. The van der Waals surface area contributed by atoms with E-state index in [4.69, 9.17) is 9.84 Å². The SMILES string of the molecule is COc1cc([C@@H]2C[C@H]2C(=O)O)cc(Br)c1O. The van der Waals surface area contributed by atoms with Crippen LogP contribution in [0.15, 0.2) is 16.6 Å². The second-order valence-electron chi connectivity index (χ2n) is 3.84. The molecule has 0 radical (unpaired) electrons. The molecule has 16 heavy (non-hydrogen) atoms. The van der Waals surface area contributed by atoms with Crippen molar-refractivity contribution < 1.29 is 19.7 Å². The molecule has 0 aromatic heterocycles. The number of rotatable bonds is 3. The van der Waals surface area contributed by atoms with Crippen molar-refractivity contribution in [2.75, 3.05) is 7.11 Å². The Balaban J connectivity index is 2.30. The van der Waals surface area contributed by atoms with Gasteiger partial charge in [0.2, 0.25) is 0 Å². The van der Waals surface area contributed by atoms with Gasteiger partial charge in [0, 0.05) is 0 Å². The summed E-state index contributed by atoms with van der Waals surface area (Å²) in [5.41, 5.74) is 0.883. The van der Waals surface area contributed by atoms with Gasteiger partial charge in [-0.25, -0.2) is 0 Å². The molecule has 0 unspecified atom stereocenters. The summed E-state index contributed by atoms with van der Waals surface area (Å²) < 4.78 is 5.54. The number of phenols is 1. The molecular weight excluding hydrogens is 276 g/mol. The monoisotopic (exact) mass is 286 g/mol. The van der Waals surface area contributed by atoms with Crippen LogP contribution in [0.3, 0.4) is 0 Å². The van der Waals surface area contributed by atoms with Crippen molar-refractivity contribution >= 4 is 21.9 Å². The van der Waals surface area contributed by atoms with Gasteiger partial charge in [-0.05, 0) is 46.0 Å². The van der Waals surface area contributed by atoms with Gasteiger partial charge in [0.25, 0.3) is 0 Å². The van der Waals surface area contributed by atoms with E-state index in [-0.39, 0.29) is 17.6 Å². The summed E-state index contributed by atoms with van der Waals surface area (Å²) in [4.78, 5) is 10.8. The zero-order chi connectivity index (χ0) is 11.9. The number of hydrogen-bond acceptors (Lipinski definition) is 3. The standard InChI is InChI=1S/C11H11BrO4/c1-16-9-3-5(2-8(12)10(9)13)6-4-7(6)11(14)15/h2-3,6-7,13H,4H2,1H3,(H,14,15)/t6-,7+/m0/s1. The van der Waals surface area contributed by atoms with Crippen LogP contribution in [0.2, 0.25) is 0 Å². The number of benzene rings is 1. The van der Waals surface area contributed by atoms with Gasteiger partial charge >= 0.3 is 5.97 Å². The Labute approximate surface area is 101 Å². The molecule has 0 bridgehead atoms. The van der Waals surface area contributed by atoms with Crippen LogP contribution >= 0.6 is 15.9 Å². The number of carboxylic acid groups (broad SMARTS) is 1. The van der Waals surface area contributed by atoms with Crippen molar-refractivity contribution in [3.8, 4) is 11.5 Å². The topological polar surface area (TPSA) is 66.8 Å². The summed E-state index contributed by atoms with van der Waals surface area (Å²) >= 11 is 3.21. The van der Waals surface area contributed by atoms with E-state index in [1.54, 1.807) is 12.1 Å². The lowest BCUT2D eigenvalue weighted by molar-refractivity contribution is -0.138. The van der Waals surface area contributed by atoms with Gasteiger partial charge in [0.05, 0.1) is 17.5 Å². The maximum absolute atomic E-state index is 10.8. The first-order valence-corrected chi connectivity index (χ1v) is 5.63. The number of aromatic hydroxyl groups is 1. The average molecular weight is 287 g/mol. The molecule has 1 aliphatic carbocycles. The maximum Gasteiger partial charge on any atom is 0.307 e. The molecule has 0 heterocycles. The summed E-state index contributed by atoms with van der Waals surface area (Å²) in [5, 5.41) is 18.5. The molecular formula is C11H11BrO4. The zero-order valence-corrected chi connectivity index (χ0v) is 10.2. The number of phenolic OH excluding ortho intramolecular Hbond substituents is 1. The average Bonchev–Trinajstić information content (AvgIpc) is 3.01. The minimum Gasteiger partial charge on any atom is -0.503 e. The normalized spacial score (nSPS) is 22.9. The minimum absolute atomic E-state index is 0.0308. The first kappa shape index (κ1) is 11.3. The summed E-state index contributed by atoms with van der Waals surface area (Å²) in [6.45, 7) is 0. The van der Waals surface area contributed by atoms with Crippen LogP contribution in [0.4, 0.5) is 0 Å². The van der Waals surface area contributed by atoms with Crippen molar-refractivity contribution in [2.45, 2.75) is 12.3 Å². The van der Waals surface area contributed by atoms with Gasteiger partial charge in [-0.1, -0.05) is 0 Å². The second kappa shape index (κ2) is 3.97. The smallest absolute Gasteiger partial charge is 0.307 e. The first-order valence-electron chi connectivity index (χ1n) is 4.83. The highest BCUT2D eigenvalue weighted by Gasteiger charge is 2.44. The summed E-state index contributed by atoms with van der Waals surface area (Å²) in [7, 11) is 1.47. The largest absolute Gasteiger partial charge is 0.503 e. The Morgan fingerprint density at radius 2 is 2.25 bits per heavy atom. The summed E-state index contributed by atoms with van der Waals surface area (Å²) in [6, 6.07) is 3.43. The maximum atomic E-state index is 10.8. The fourth-order valence-corrected chi connectivity index (χ4v) is 2.26. The highest BCUT2D eigenvalue weighted by atomic mass is 79.9. The van der Waals surface area contributed by atoms with E-state index in [0.717, 1.165) is 5.56 Å². The number of ether oxygens (including phenoxy) is 1. The molecule has 2 rings (SSSR count). The van der Waals surface area contributed by atoms with E-state index < -0.39 is 5.97 Å². The fraction of sp³-hybridized carbons (Fsp3) is 0.364. The Morgan fingerprint density at radius 3 is 2.75 bits per heavy atom. The third-order valence-electron chi connectivity index (χ3n) is 2.81. The molecule has 4 nitrogen and oxygen atoms in total. The lowest BCUT2D eigenvalue weighted by Gasteiger charge is -2.08. The third kappa shape index (κ3) is 1.87. The van der Waals surface area contributed by atoms with E-state index in [0.29, 0.717) is 16.6 Å². The zero-order valence-electron chi connectivity index (χ0n) is 8.61. The van der Waals surface area contributed by atoms with Gasteiger partial charge in [-0.3, -0.25) is 4.79 Å². The highest BCUT2D eigenvalue weighted by molar-refractivity contribution is 9.10. The second-order valence-corrected chi connectivity index (χ2v) is 4.69. The fourth-order valence-electron chi connectivity index (χ4n) is 1.80. The molecule has 86 valence electrons. The van der Waals surface area contributed by atoms with Crippen LogP contribution in [0, 0.1) is 5.92 Å². The summed E-state index contributed by atoms with van der Waals surface area (Å²) in [6.07, 6.45) is 0.649. The molecule has 1 saturated carbocycles. The van der Waals surface area contributed by atoms with Crippen molar-refractivity contribution in [2.24, 2.45) is 5.92 Å². The summed E-state index contributed by atoms with van der Waals surface area (Å²) in [5.74, 6) is -0.642. The van der Waals surface area contributed by atoms with Gasteiger partial charge < -0.3 is 14.9 Å². The van der Waals surface area contributed by atoms with Gasteiger partial charge in [-0.15, -0.1) is 0 Å². The van der Waals surface area contributed by atoms with Gasteiger partial charge in [0.15, 0.2) is 11.5 Å². The van der Waals surface area contributed by atoms with Crippen LogP contribution in [0.25, 0.3) is 0 Å². The lowest BCUT2D eigenvalue weighted by Crippen LogP contribution is -1.99. The van der Waals surface area contributed by atoms with Crippen molar-refractivity contribution in [3.63, 3.8) is 0 Å². The van der Waals surface area contributed by atoms with Crippen molar-refractivity contribution in [1.82, 2.24) is 0 Å². The molecule has 5 heteroatoms. The number of aliphatic carboxylic acids is 1. The van der Waals surface area contributed by atoms with E-state index in [2.05, 4.69) is 15.9 Å². The van der Waals surface area contributed by atoms with E-state index in [9.17, 15) is 9.90 Å². The Bertz CT molecular complexity index is 444. The van der Waals surface area contributed by atoms with Gasteiger partial charge in [-0.2, -0.15) is 0 Å². The molecule has 1 aromatic carbocycles. The number of methoxy groups -OCH3 is 1. The molecule has 1 fully saturated rings. The molecule has 0 aliphatic heterocycles. The minimum atomic E-state index is -0.770. The van der Waals surface area contributed by atoms with Crippen LogP contribution in [0.1, 0.15) is 17.9 Å². The van der Waals surface area contributed by atoms with Crippen LogP contribution in [0.5, 0.6) is 11.5 Å². The quantitative estimate of drug-likeness (QED) is 0.895. The Hall–Kier alpha value is -1.23. The van der Waals surface area contributed by atoms with E-state index >= 15 is 0 Å². The van der Waals surface area contributed by atoms with Crippen molar-refractivity contribution in [3.05, 3.63) is 22.2 Å². The predicted octanol–water partition coefficient (Wildman–Crippen LogP) is 2.35. The van der Waals surface area contributed by atoms with Crippen LogP contribution < -0.4 is 4.74 Å². The van der Waals surface area contributed by atoms with Gasteiger partial charge in [0.1, 0.15) is 0 Å². The van der Waals surface area contributed by atoms with Crippen LogP contribution in [-0.2, 0) is 4.79 Å². The Morgan fingerprint density at radius 1 is 1.56 bits per heavy atom. The Kier molecular flexibility index (Phi) is 2.80. The lowest BCUT2D eigenvalue weighted by atomic mass is 10.1. The molecule has 0 saturated heterocycles. The molecule has 2 atom stereocenters. The van der Waals surface area contributed by atoms with Crippen LogP contribution in [-0.4, -0.2) is 23.3 Å². The number of hydrogen-bond donors (Lipinski definition) is 2. The van der Waals surface area contributed by atoms with E-state index in [1.807, 2.05) is 0 Å².